The van der Waals surface area contributed by atoms with Gasteiger partial charge in [0.2, 0.25) is 0 Å². The smallest absolute Gasteiger partial charge is 0.358 e. The lowest BCUT2D eigenvalue weighted by atomic mass is 10.0. The molecule has 3 aromatic rings. The summed E-state index contributed by atoms with van der Waals surface area (Å²) in [6.45, 7) is 2.20. The summed E-state index contributed by atoms with van der Waals surface area (Å²) in [5.41, 5.74) is 2.03. The molecule has 3 aromatic carbocycles. The molecule has 0 saturated carbocycles. The zero-order chi connectivity index (χ0) is 21.1. The summed E-state index contributed by atoms with van der Waals surface area (Å²) in [5.74, 6) is 1.57. The van der Waals surface area contributed by atoms with E-state index in [-0.39, 0.29) is 4.90 Å². The Kier molecular flexibility index (Phi) is 5.65. The standard InChI is InChI=1S/C22H18ClNO5S/c1-15-5-11-18(12-6-15)30(25,26)29-24-20-13-14-27-22-19(20)3-2-4-21(22)28-17-9-7-16(23)8-10-17/h2-12H,13-14H2,1H3. The summed E-state index contributed by atoms with van der Waals surface area (Å²) in [4.78, 5) is 0.0459. The van der Waals surface area contributed by atoms with E-state index in [0.29, 0.717) is 46.6 Å². The van der Waals surface area contributed by atoms with Gasteiger partial charge in [-0.05, 0) is 55.5 Å². The number of aryl methyl sites for hydroxylation is 1. The topological polar surface area (TPSA) is 74.2 Å². The molecule has 0 spiro atoms. The molecule has 0 aliphatic carbocycles. The molecule has 8 heteroatoms. The highest BCUT2D eigenvalue weighted by atomic mass is 35.5. The van der Waals surface area contributed by atoms with Crippen LogP contribution in [0.2, 0.25) is 5.02 Å². The Morgan fingerprint density at radius 2 is 1.73 bits per heavy atom. The fourth-order valence-electron chi connectivity index (χ4n) is 2.92. The van der Waals surface area contributed by atoms with Crippen molar-refractivity contribution in [2.24, 2.45) is 5.16 Å². The summed E-state index contributed by atoms with van der Waals surface area (Å²) in [6, 6.07) is 18.6. The van der Waals surface area contributed by atoms with Crippen molar-refractivity contribution in [3.05, 3.63) is 82.9 Å². The maximum absolute atomic E-state index is 12.4. The molecular formula is C22H18ClNO5S. The molecule has 0 aromatic heterocycles. The number of oxime groups is 1. The maximum Gasteiger partial charge on any atom is 0.358 e. The van der Waals surface area contributed by atoms with E-state index in [9.17, 15) is 8.42 Å². The molecule has 6 nitrogen and oxygen atoms in total. The van der Waals surface area contributed by atoms with Crippen molar-refractivity contribution >= 4 is 27.4 Å². The minimum atomic E-state index is -4.01. The molecule has 4 rings (SSSR count). The lowest BCUT2D eigenvalue weighted by Crippen LogP contribution is -2.18. The molecule has 30 heavy (non-hydrogen) atoms. The molecule has 0 amide bonds. The third-order valence-electron chi connectivity index (χ3n) is 4.47. The molecule has 1 aliphatic rings. The number of hydrogen-bond acceptors (Lipinski definition) is 6. The number of rotatable bonds is 5. The summed E-state index contributed by atoms with van der Waals surface area (Å²) < 4.78 is 41.5. The second-order valence-electron chi connectivity index (χ2n) is 6.67. The molecule has 0 N–H and O–H groups in total. The molecule has 1 heterocycles. The third-order valence-corrected chi connectivity index (χ3v) is 5.84. The monoisotopic (exact) mass is 443 g/mol. The molecule has 0 saturated heterocycles. The Labute approximate surface area is 179 Å². The van der Waals surface area contributed by atoms with Gasteiger partial charge in [-0.3, -0.25) is 4.28 Å². The highest BCUT2D eigenvalue weighted by Gasteiger charge is 2.23. The Morgan fingerprint density at radius 3 is 2.47 bits per heavy atom. The van der Waals surface area contributed by atoms with E-state index in [1.165, 1.54) is 12.1 Å². The van der Waals surface area contributed by atoms with Gasteiger partial charge in [-0.25, -0.2) is 0 Å². The van der Waals surface area contributed by atoms with Crippen LogP contribution in [0.5, 0.6) is 17.2 Å². The molecule has 1 aliphatic heterocycles. The normalized spacial score (nSPS) is 14.7. The highest BCUT2D eigenvalue weighted by molar-refractivity contribution is 7.86. The lowest BCUT2D eigenvalue weighted by molar-refractivity contribution is 0.296. The van der Waals surface area contributed by atoms with Gasteiger partial charge < -0.3 is 9.47 Å². The van der Waals surface area contributed by atoms with Crippen molar-refractivity contribution in [3.63, 3.8) is 0 Å². The largest absolute Gasteiger partial charge is 0.489 e. The lowest BCUT2D eigenvalue weighted by Gasteiger charge is -2.21. The van der Waals surface area contributed by atoms with Crippen LogP contribution < -0.4 is 9.47 Å². The molecule has 0 bridgehead atoms. The van der Waals surface area contributed by atoms with Crippen molar-refractivity contribution in [1.82, 2.24) is 0 Å². The van der Waals surface area contributed by atoms with Gasteiger partial charge in [0.1, 0.15) is 10.6 Å². The van der Waals surface area contributed by atoms with Crippen LogP contribution in [0.15, 0.2) is 76.8 Å². The van der Waals surface area contributed by atoms with Crippen LogP contribution in [0.1, 0.15) is 17.5 Å². The average Bonchev–Trinajstić information content (AvgIpc) is 2.74. The number of hydrogen-bond donors (Lipinski definition) is 0. The highest BCUT2D eigenvalue weighted by Crippen LogP contribution is 2.38. The van der Waals surface area contributed by atoms with Crippen LogP contribution in [0, 0.1) is 6.92 Å². The fourth-order valence-corrected chi connectivity index (χ4v) is 3.79. The van der Waals surface area contributed by atoms with Crippen molar-refractivity contribution in [2.75, 3.05) is 6.61 Å². The second-order valence-corrected chi connectivity index (χ2v) is 8.63. The van der Waals surface area contributed by atoms with Gasteiger partial charge in [-0.1, -0.05) is 40.5 Å². The van der Waals surface area contributed by atoms with E-state index < -0.39 is 10.1 Å². The van der Waals surface area contributed by atoms with E-state index in [1.807, 2.05) is 6.92 Å². The third kappa shape index (κ3) is 4.42. The first kappa shape index (κ1) is 20.3. The van der Waals surface area contributed by atoms with E-state index in [4.69, 9.17) is 25.4 Å². The first-order valence-corrected chi connectivity index (χ1v) is 11.0. The van der Waals surface area contributed by atoms with E-state index >= 15 is 0 Å². The molecule has 0 unspecified atom stereocenters. The fraction of sp³-hybridized carbons (Fsp3) is 0.136. The van der Waals surface area contributed by atoms with Gasteiger partial charge in [0, 0.05) is 17.0 Å². The van der Waals surface area contributed by atoms with Gasteiger partial charge in [0.25, 0.3) is 0 Å². The van der Waals surface area contributed by atoms with Gasteiger partial charge >= 0.3 is 10.1 Å². The minimum absolute atomic E-state index is 0.0459. The van der Waals surface area contributed by atoms with Crippen molar-refractivity contribution in [2.45, 2.75) is 18.2 Å². The van der Waals surface area contributed by atoms with Crippen molar-refractivity contribution in [3.8, 4) is 17.2 Å². The van der Waals surface area contributed by atoms with Crippen LogP contribution in [-0.2, 0) is 14.4 Å². The quantitative estimate of drug-likeness (QED) is 0.498. The van der Waals surface area contributed by atoms with Crippen molar-refractivity contribution < 1.29 is 22.2 Å². The molecule has 0 atom stereocenters. The van der Waals surface area contributed by atoms with Gasteiger partial charge in [0.05, 0.1) is 12.3 Å². The summed E-state index contributed by atoms with van der Waals surface area (Å²) in [7, 11) is -4.01. The summed E-state index contributed by atoms with van der Waals surface area (Å²) in [6.07, 6.45) is 0.404. The van der Waals surface area contributed by atoms with Crippen LogP contribution in [0.3, 0.4) is 0 Å². The van der Waals surface area contributed by atoms with Gasteiger partial charge in [-0.15, -0.1) is 0 Å². The predicted octanol–water partition coefficient (Wildman–Crippen LogP) is 5.33. The minimum Gasteiger partial charge on any atom is -0.489 e. The SMILES string of the molecule is Cc1ccc(S(=O)(=O)ON=C2CCOc3c(Oc4ccc(Cl)cc4)cccc32)cc1. The van der Waals surface area contributed by atoms with E-state index in [0.717, 1.165) is 5.56 Å². The number of fused-ring (bicyclic) bond motifs is 1. The zero-order valence-corrected chi connectivity index (χ0v) is 17.6. The van der Waals surface area contributed by atoms with E-state index in [1.54, 1.807) is 54.6 Å². The molecule has 0 radical (unpaired) electrons. The predicted molar refractivity (Wildman–Crippen MR) is 114 cm³/mol. The Hall–Kier alpha value is -3.03. The van der Waals surface area contributed by atoms with Gasteiger partial charge in [0.15, 0.2) is 11.5 Å². The van der Waals surface area contributed by atoms with E-state index in [2.05, 4.69) is 5.16 Å². The van der Waals surface area contributed by atoms with Crippen molar-refractivity contribution in [1.29, 1.82) is 0 Å². The van der Waals surface area contributed by atoms with Crippen LogP contribution in [0.4, 0.5) is 0 Å². The Bertz CT molecular complexity index is 1190. The first-order valence-electron chi connectivity index (χ1n) is 9.19. The maximum atomic E-state index is 12.4. The molecular weight excluding hydrogens is 426 g/mol. The number of para-hydroxylation sites is 1. The summed E-state index contributed by atoms with van der Waals surface area (Å²) >= 11 is 5.91. The molecule has 154 valence electrons. The molecule has 0 fully saturated rings. The van der Waals surface area contributed by atoms with Crippen LogP contribution >= 0.6 is 11.6 Å². The summed E-state index contributed by atoms with van der Waals surface area (Å²) in [5, 5.41) is 4.54. The van der Waals surface area contributed by atoms with Crippen LogP contribution in [-0.4, -0.2) is 20.7 Å². The zero-order valence-electron chi connectivity index (χ0n) is 16.0. The first-order chi connectivity index (χ1) is 14.4. The number of ether oxygens (including phenoxy) is 2. The number of nitrogens with zero attached hydrogens (tertiary/aromatic N) is 1. The number of benzene rings is 3. The Morgan fingerprint density at radius 1 is 1.00 bits per heavy atom. The Balaban J connectivity index is 1.60. The average molecular weight is 444 g/mol. The second kappa shape index (κ2) is 8.38. The van der Waals surface area contributed by atoms with Gasteiger partial charge in [-0.2, -0.15) is 8.42 Å². The van der Waals surface area contributed by atoms with Crippen LogP contribution in [0.25, 0.3) is 0 Å². The number of halogens is 1.